The van der Waals surface area contributed by atoms with Crippen LogP contribution in [0.5, 0.6) is 0 Å². The number of aromatic nitrogens is 2. The summed E-state index contributed by atoms with van der Waals surface area (Å²) < 4.78 is 1.19. The van der Waals surface area contributed by atoms with Crippen molar-refractivity contribution in [3.8, 4) is 0 Å². The van der Waals surface area contributed by atoms with Crippen LogP contribution in [0.25, 0.3) is 0 Å². The molecule has 0 spiro atoms. The summed E-state index contributed by atoms with van der Waals surface area (Å²) in [5.41, 5.74) is 2.52. The first-order valence-corrected chi connectivity index (χ1v) is 8.06. The summed E-state index contributed by atoms with van der Waals surface area (Å²) in [5.74, 6) is -0.906. The lowest BCUT2D eigenvalue weighted by molar-refractivity contribution is -0.137. The van der Waals surface area contributed by atoms with E-state index in [2.05, 4.69) is 36.4 Å². The fourth-order valence-electron chi connectivity index (χ4n) is 2.55. The minimum Gasteiger partial charge on any atom is -0.480 e. The number of carboxylic acids is 1. The zero-order chi connectivity index (χ0) is 17.7. The molecule has 0 aliphatic heterocycles. The van der Waals surface area contributed by atoms with Crippen LogP contribution in [-0.2, 0) is 11.3 Å². The van der Waals surface area contributed by atoms with Gasteiger partial charge in [-0.05, 0) is 29.5 Å². The summed E-state index contributed by atoms with van der Waals surface area (Å²) in [7, 11) is 0. The van der Waals surface area contributed by atoms with Gasteiger partial charge in [-0.25, -0.2) is 4.68 Å². The van der Waals surface area contributed by atoms with Gasteiger partial charge in [-0.1, -0.05) is 45.0 Å². The lowest BCUT2D eigenvalue weighted by atomic mass is 9.98. The molecular weight excluding hydrogens is 306 g/mol. The molecule has 0 radical (unpaired) electrons. The largest absolute Gasteiger partial charge is 0.480 e. The third-order valence-electron chi connectivity index (χ3n) is 3.95. The molecular formula is C18H23N3O3. The van der Waals surface area contributed by atoms with E-state index in [4.69, 9.17) is 5.11 Å². The molecule has 1 heterocycles. The number of nitrogens with zero attached hydrogens (tertiary/aromatic N) is 2. The van der Waals surface area contributed by atoms with E-state index in [0.29, 0.717) is 5.92 Å². The fraction of sp³-hybridized carbons (Fsp3) is 0.389. The Morgan fingerprint density at radius 2 is 1.79 bits per heavy atom. The van der Waals surface area contributed by atoms with E-state index in [-0.39, 0.29) is 24.2 Å². The highest BCUT2D eigenvalue weighted by Crippen LogP contribution is 2.21. The van der Waals surface area contributed by atoms with Crippen LogP contribution in [0.3, 0.4) is 0 Å². The second-order valence-electron chi connectivity index (χ2n) is 6.02. The summed E-state index contributed by atoms with van der Waals surface area (Å²) >= 11 is 0. The summed E-state index contributed by atoms with van der Waals surface area (Å²) in [4.78, 5) is 23.3. The van der Waals surface area contributed by atoms with Gasteiger partial charge in [0, 0.05) is 6.20 Å². The van der Waals surface area contributed by atoms with Crippen molar-refractivity contribution in [2.45, 2.75) is 45.7 Å². The molecule has 0 fully saturated rings. The van der Waals surface area contributed by atoms with Crippen LogP contribution in [0.4, 0.5) is 0 Å². The molecule has 128 valence electrons. The topological polar surface area (TPSA) is 84.2 Å². The number of rotatable bonds is 7. The van der Waals surface area contributed by atoms with Gasteiger partial charge in [-0.2, -0.15) is 5.10 Å². The molecule has 0 saturated carbocycles. The van der Waals surface area contributed by atoms with E-state index < -0.39 is 5.97 Å². The summed E-state index contributed by atoms with van der Waals surface area (Å²) in [6.07, 6.45) is 2.16. The first-order valence-electron chi connectivity index (χ1n) is 8.06. The number of carbonyl (C=O) groups excluding carboxylic acids is 1. The van der Waals surface area contributed by atoms with Crippen LogP contribution in [-0.4, -0.2) is 26.8 Å². The average Bonchev–Trinajstić information content (AvgIpc) is 3.00. The predicted octanol–water partition coefficient (Wildman–Crippen LogP) is 2.97. The van der Waals surface area contributed by atoms with Crippen LogP contribution in [0, 0.1) is 0 Å². The SMILES string of the molecule is CCC(NC(=O)c1ccnn1CC(=O)O)c1ccc(C(C)C)cc1. The Bertz CT molecular complexity index is 705. The summed E-state index contributed by atoms with van der Waals surface area (Å²) in [5, 5.41) is 15.7. The van der Waals surface area contributed by atoms with Gasteiger partial charge in [0.2, 0.25) is 0 Å². The van der Waals surface area contributed by atoms with Crippen molar-refractivity contribution in [2.75, 3.05) is 0 Å². The van der Waals surface area contributed by atoms with Gasteiger partial charge in [-0.3, -0.25) is 9.59 Å². The molecule has 0 aliphatic carbocycles. The van der Waals surface area contributed by atoms with Gasteiger partial charge in [0.25, 0.3) is 5.91 Å². The minimum absolute atomic E-state index is 0.133. The smallest absolute Gasteiger partial charge is 0.325 e. The van der Waals surface area contributed by atoms with Crippen LogP contribution >= 0.6 is 0 Å². The first kappa shape index (κ1) is 17.7. The Hall–Kier alpha value is -2.63. The van der Waals surface area contributed by atoms with Crippen molar-refractivity contribution in [2.24, 2.45) is 0 Å². The molecule has 6 nitrogen and oxygen atoms in total. The quantitative estimate of drug-likeness (QED) is 0.818. The first-order chi connectivity index (χ1) is 11.4. The molecule has 2 N–H and O–H groups in total. The van der Waals surface area contributed by atoms with Gasteiger partial charge < -0.3 is 10.4 Å². The highest BCUT2D eigenvalue weighted by molar-refractivity contribution is 5.93. The van der Waals surface area contributed by atoms with Crippen molar-refractivity contribution in [1.82, 2.24) is 15.1 Å². The second-order valence-corrected chi connectivity index (χ2v) is 6.02. The molecule has 1 aromatic carbocycles. The highest BCUT2D eigenvalue weighted by atomic mass is 16.4. The minimum atomic E-state index is -1.04. The molecule has 24 heavy (non-hydrogen) atoms. The van der Waals surface area contributed by atoms with E-state index in [0.717, 1.165) is 12.0 Å². The maximum Gasteiger partial charge on any atom is 0.325 e. The lowest BCUT2D eigenvalue weighted by Gasteiger charge is -2.18. The van der Waals surface area contributed by atoms with Gasteiger partial charge >= 0.3 is 5.97 Å². The third-order valence-corrected chi connectivity index (χ3v) is 3.95. The predicted molar refractivity (Wildman–Crippen MR) is 90.9 cm³/mol. The molecule has 1 unspecified atom stereocenters. The number of nitrogens with one attached hydrogen (secondary N) is 1. The standard InChI is InChI=1S/C18H23N3O3/c1-4-15(14-7-5-13(6-8-14)12(2)3)20-18(24)16-9-10-19-21(16)11-17(22)23/h5-10,12,15H,4,11H2,1-3H3,(H,20,24)(H,22,23). The number of carbonyl (C=O) groups is 2. The second kappa shape index (κ2) is 7.77. The Balaban J connectivity index is 2.13. The molecule has 1 aromatic heterocycles. The van der Waals surface area contributed by atoms with Gasteiger partial charge in [0.05, 0.1) is 6.04 Å². The maximum absolute atomic E-state index is 12.5. The van der Waals surface area contributed by atoms with Crippen LogP contribution in [0.1, 0.15) is 60.8 Å². The maximum atomic E-state index is 12.5. The molecule has 1 amide bonds. The van der Waals surface area contributed by atoms with E-state index in [1.165, 1.54) is 22.5 Å². The third kappa shape index (κ3) is 4.22. The van der Waals surface area contributed by atoms with Gasteiger partial charge in [0.15, 0.2) is 0 Å². The molecule has 2 aromatic rings. The van der Waals surface area contributed by atoms with Crippen LogP contribution in [0.15, 0.2) is 36.5 Å². The van der Waals surface area contributed by atoms with Crippen LogP contribution < -0.4 is 5.32 Å². The Morgan fingerprint density at radius 1 is 1.17 bits per heavy atom. The average molecular weight is 329 g/mol. The molecule has 0 aliphatic rings. The number of amides is 1. The number of hydrogen-bond acceptors (Lipinski definition) is 3. The van der Waals surface area contributed by atoms with E-state index in [9.17, 15) is 9.59 Å². The van der Waals surface area contributed by atoms with Crippen molar-refractivity contribution in [3.05, 3.63) is 53.3 Å². The van der Waals surface area contributed by atoms with E-state index >= 15 is 0 Å². The highest BCUT2D eigenvalue weighted by Gasteiger charge is 2.18. The monoisotopic (exact) mass is 329 g/mol. The zero-order valence-electron chi connectivity index (χ0n) is 14.2. The summed E-state index contributed by atoms with van der Waals surface area (Å²) in [6.45, 7) is 5.93. The number of benzene rings is 1. The molecule has 0 saturated heterocycles. The van der Waals surface area contributed by atoms with E-state index in [1.54, 1.807) is 0 Å². The van der Waals surface area contributed by atoms with E-state index in [1.807, 2.05) is 19.1 Å². The van der Waals surface area contributed by atoms with Crippen molar-refractivity contribution in [3.63, 3.8) is 0 Å². The van der Waals surface area contributed by atoms with Crippen molar-refractivity contribution < 1.29 is 14.7 Å². The number of hydrogen-bond donors (Lipinski definition) is 2. The zero-order valence-corrected chi connectivity index (χ0v) is 14.2. The van der Waals surface area contributed by atoms with Crippen molar-refractivity contribution >= 4 is 11.9 Å². The van der Waals surface area contributed by atoms with Gasteiger partial charge in [-0.15, -0.1) is 0 Å². The normalized spacial score (nSPS) is 12.2. The molecule has 0 bridgehead atoms. The number of carboxylic acid groups (broad SMARTS) is 1. The number of aliphatic carboxylic acids is 1. The van der Waals surface area contributed by atoms with Crippen molar-refractivity contribution in [1.29, 1.82) is 0 Å². The molecule has 2 rings (SSSR count). The fourth-order valence-corrected chi connectivity index (χ4v) is 2.55. The summed E-state index contributed by atoms with van der Waals surface area (Å²) in [6, 6.07) is 9.59. The Kier molecular flexibility index (Phi) is 5.73. The molecule has 1 atom stereocenters. The Labute approximate surface area is 141 Å². The lowest BCUT2D eigenvalue weighted by Crippen LogP contribution is -2.30. The Morgan fingerprint density at radius 3 is 2.33 bits per heavy atom. The van der Waals surface area contributed by atoms with Gasteiger partial charge in [0.1, 0.15) is 12.2 Å². The van der Waals surface area contributed by atoms with Crippen LogP contribution in [0.2, 0.25) is 0 Å². The molecule has 6 heteroatoms.